The fourth-order valence-electron chi connectivity index (χ4n) is 2.99. The van der Waals surface area contributed by atoms with Gasteiger partial charge in [-0.3, -0.25) is 4.79 Å². The maximum absolute atomic E-state index is 12.3. The smallest absolute Gasteiger partial charge is 0.225 e. The molecular weight excluding hydrogens is 236 g/mol. The fraction of sp³-hybridized carbons (Fsp3) is 0.923. The van der Waals surface area contributed by atoms with Crippen LogP contribution in [0.3, 0.4) is 0 Å². The molecule has 0 aromatic carbocycles. The average Bonchev–Trinajstić information content (AvgIpc) is 2.56. The predicted molar refractivity (Wildman–Crippen MR) is 72.2 cm³/mol. The maximum Gasteiger partial charge on any atom is 0.225 e. The Morgan fingerprint density at radius 1 is 1.00 bits per heavy atom. The SMILES string of the molecule is Cl.NC1CCCN(C(=O)C2CCCCCC2)C1. The predicted octanol–water partition coefficient (Wildman–Crippen LogP) is 2.33. The molecule has 2 N–H and O–H groups in total. The molecule has 3 nitrogen and oxygen atoms in total. The summed E-state index contributed by atoms with van der Waals surface area (Å²) in [7, 11) is 0. The average molecular weight is 261 g/mol. The zero-order chi connectivity index (χ0) is 11.4. The summed E-state index contributed by atoms with van der Waals surface area (Å²) in [5.74, 6) is 0.685. The number of amides is 1. The van der Waals surface area contributed by atoms with E-state index >= 15 is 0 Å². The van der Waals surface area contributed by atoms with Gasteiger partial charge in [-0.15, -0.1) is 12.4 Å². The summed E-state index contributed by atoms with van der Waals surface area (Å²) >= 11 is 0. The molecule has 100 valence electrons. The molecule has 1 heterocycles. The minimum Gasteiger partial charge on any atom is -0.341 e. The minimum absolute atomic E-state index is 0. The third-order valence-electron chi connectivity index (χ3n) is 3.97. The van der Waals surface area contributed by atoms with Crippen LogP contribution < -0.4 is 5.73 Å². The Morgan fingerprint density at radius 2 is 1.65 bits per heavy atom. The molecule has 2 fully saturated rings. The number of nitrogens with two attached hydrogens (primary N) is 1. The van der Waals surface area contributed by atoms with Gasteiger partial charge in [0.05, 0.1) is 0 Å². The molecule has 2 aliphatic rings. The number of likely N-dealkylation sites (tertiary alicyclic amines) is 1. The van der Waals surface area contributed by atoms with Crippen molar-refractivity contribution in [1.82, 2.24) is 4.90 Å². The number of piperidine rings is 1. The zero-order valence-corrected chi connectivity index (χ0v) is 11.4. The van der Waals surface area contributed by atoms with Gasteiger partial charge in [0.1, 0.15) is 0 Å². The van der Waals surface area contributed by atoms with E-state index in [1.165, 1.54) is 25.7 Å². The molecule has 0 radical (unpaired) electrons. The van der Waals surface area contributed by atoms with Gasteiger partial charge in [0.15, 0.2) is 0 Å². The highest BCUT2D eigenvalue weighted by Gasteiger charge is 2.27. The van der Waals surface area contributed by atoms with Gasteiger partial charge >= 0.3 is 0 Å². The van der Waals surface area contributed by atoms with Gasteiger partial charge in [-0.1, -0.05) is 25.7 Å². The lowest BCUT2D eigenvalue weighted by atomic mass is 9.96. The molecule has 17 heavy (non-hydrogen) atoms. The van der Waals surface area contributed by atoms with Crippen molar-refractivity contribution < 1.29 is 4.79 Å². The Labute approximate surface area is 111 Å². The number of nitrogens with zero attached hydrogens (tertiary/aromatic N) is 1. The van der Waals surface area contributed by atoms with Gasteiger partial charge in [0, 0.05) is 25.0 Å². The van der Waals surface area contributed by atoms with Crippen LogP contribution in [0.1, 0.15) is 51.4 Å². The van der Waals surface area contributed by atoms with Gasteiger partial charge in [-0.2, -0.15) is 0 Å². The number of halogens is 1. The number of carbonyl (C=O) groups is 1. The van der Waals surface area contributed by atoms with Gasteiger partial charge in [-0.05, 0) is 25.7 Å². The standard InChI is InChI=1S/C13H24N2O.ClH/c14-12-8-5-9-15(10-12)13(16)11-6-3-1-2-4-7-11;/h11-12H,1-10,14H2;1H. The second kappa shape index (κ2) is 7.22. The zero-order valence-electron chi connectivity index (χ0n) is 10.6. The van der Waals surface area contributed by atoms with Crippen LogP contribution in [0.4, 0.5) is 0 Å². The highest BCUT2D eigenvalue weighted by atomic mass is 35.5. The molecule has 0 spiro atoms. The number of rotatable bonds is 1. The summed E-state index contributed by atoms with van der Waals surface area (Å²) < 4.78 is 0. The molecule has 1 unspecified atom stereocenters. The van der Waals surface area contributed by atoms with Crippen LogP contribution in [0.2, 0.25) is 0 Å². The number of hydrogen-bond donors (Lipinski definition) is 1. The first kappa shape index (κ1) is 14.8. The van der Waals surface area contributed by atoms with Crippen molar-refractivity contribution in [3.63, 3.8) is 0 Å². The van der Waals surface area contributed by atoms with Crippen LogP contribution >= 0.6 is 12.4 Å². The third kappa shape index (κ3) is 4.14. The Balaban J connectivity index is 0.00000144. The maximum atomic E-state index is 12.3. The molecule has 2 rings (SSSR count). The Kier molecular flexibility index (Phi) is 6.28. The summed E-state index contributed by atoms with van der Waals surface area (Å²) in [5, 5.41) is 0. The summed E-state index contributed by atoms with van der Waals surface area (Å²) in [5.41, 5.74) is 5.93. The van der Waals surface area contributed by atoms with Gasteiger partial charge in [0.2, 0.25) is 5.91 Å². The van der Waals surface area contributed by atoms with Crippen molar-refractivity contribution in [2.45, 2.75) is 57.4 Å². The van der Waals surface area contributed by atoms with E-state index in [0.29, 0.717) is 11.8 Å². The van der Waals surface area contributed by atoms with Crippen LogP contribution in [0, 0.1) is 5.92 Å². The third-order valence-corrected chi connectivity index (χ3v) is 3.97. The second-order valence-electron chi connectivity index (χ2n) is 5.38. The second-order valence-corrected chi connectivity index (χ2v) is 5.38. The van der Waals surface area contributed by atoms with Crippen LogP contribution in [-0.4, -0.2) is 29.9 Å². The molecule has 4 heteroatoms. The minimum atomic E-state index is 0. The largest absolute Gasteiger partial charge is 0.341 e. The molecule has 0 aromatic rings. The molecule has 0 aromatic heterocycles. The lowest BCUT2D eigenvalue weighted by molar-refractivity contribution is -0.137. The lowest BCUT2D eigenvalue weighted by Crippen LogP contribution is -2.47. The normalized spacial score (nSPS) is 27.1. The highest BCUT2D eigenvalue weighted by molar-refractivity contribution is 5.85. The van der Waals surface area contributed by atoms with E-state index in [1.54, 1.807) is 0 Å². The van der Waals surface area contributed by atoms with E-state index in [1.807, 2.05) is 4.90 Å². The molecule has 0 bridgehead atoms. The van der Waals surface area contributed by atoms with Crippen molar-refractivity contribution in [3.05, 3.63) is 0 Å². The number of carbonyl (C=O) groups excluding carboxylic acids is 1. The van der Waals surface area contributed by atoms with Crippen LogP contribution in [0.5, 0.6) is 0 Å². The summed E-state index contributed by atoms with van der Waals surface area (Å²) in [6.45, 7) is 1.72. The summed E-state index contributed by atoms with van der Waals surface area (Å²) in [6, 6.07) is 0.212. The Morgan fingerprint density at radius 3 is 2.24 bits per heavy atom. The van der Waals surface area contributed by atoms with E-state index in [4.69, 9.17) is 5.73 Å². The van der Waals surface area contributed by atoms with E-state index in [2.05, 4.69) is 0 Å². The van der Waals surface area contributed by atoms with Crippen LogP contribution in [0.25, 0.3) is 0 Å². The summed E-state index contributed by atoms with van der Waals surface area (Å²) in [4.78, 5) is 14.3. The van der Waals surface area contributed by atoms with Crippen molar-refractivity contribution in [2.75, 3.05) is 13.1 Å². The quantitative estimate of drug-likeness (QED) is 0.736. The lowest BCUT2D eigenvalue weighted by Gasteiger charge is -2.33. The summed E-state index contributed by atoms with van der Waals surface area (Å²) in [6.07, 6.45) is 9.45. The molecule has 1 atom stereocenters. The monoisotopic (exact) mass is 260 g/mol. The topological polar surface area (TPSA) is 46.3 Å². The van der Waals surface area contributed by atoms with Gasteiger partial charge in [0.25, 0.3) is 0 Å². The highest BCUT2D eigenvalue weighted by Crippen LogP contribution is 2.25. The molecule has 1 amide bonds. The van der Waals surface area contributed by atoms with Gasteiger partial charge in [-0.25, -0.2) is 0 Å². The molecule has 1 aliphatic heterocycles. The first-order chi connectivity index (χ1) is 7.77. The van der Waals surface area contributed by atoms with Crippen LogP contribution in [-0.2, 0) is 4.79 Å². The van der Waals surface area contributed by atoms with Crippen molar-refractivity contribution in [2.24, 2.45) is 11.7 Å². The molecule has 1 saturated carbocycles. The van der Waals surface area contributed by atoms with E-state index in [9.17, 15) is 4.79 Å². The Bertz CT molecular complexity index is 236. The van der Waals surface area contributed by atoms with E-state index in [0.717, 1.165) is 38.8 Å². The first-order valence-corrected chi connectivity index (χ1v) is 6.82. The van der Waals surface area contributed by atoms with Crippen molar-refractivity contribution >= 4 is 18.3 Å². The van der Waals surface area contributed by atoms with Crippen molar-refractivity contribution in [3.8, 4) is 0 Å². The van der Waals surface area contributed by atoms with Crippen molar-refractivity contribution in [1.29, 1.82) is 0 Å². The van der Waals surface area contributed by atoms with E-state index in [-0.39, 0.29) is 18.4 Å². The van der Waals surface area contributed by atoms with Gasteiger partial charge < -0.3 is 10.6 Å². The first-order valence-electron chi connectivity index (χ1n) is 6.82. The van der Waals surface area contributed by atoms with E-state index < -0.39 is 0 Å². The fourth-order valence-corrected chi connectivity index (χ4v) is 2.99. The Hall–Kier alpha value is -0.280. The molecule has 1 aliphatic carbocycles. The number of hydrogen-bond acceptors (Lipinski definition) is 2. The van der Waals surface area contributed by atoms with Crippen LogP contribution in [0.15, 0.2) is 0 Å². The molecule has 1 saturated heterocycles. The molecular formula is C13H25ClN2O.